The molecule has 0 spiro atoms. The van der Waals surface area contributed by atoms with Crippen molar-refractivity contribution in [2.75, 3.05) is 7.11 Å². The van der Waals surface area contributed by atoms with E-state index < -0.39 is 16.2 Å². The molecule has 1 aromatic rings. The minimum atomic E-state index is -1.32. The van der Waals surface area contributed by atoms with Crippen LogP contribution < -0.4 is 10.2 Å². The summed E-state index contributed by atoms with van der Waals surface area (Å²) in [6.07, 6.45) is 0. The lowest BCUT2D eigenvalue weighted by Gasteiger charge is -2.23. The molecule has 0 saturated carbocycles. The van der Waals surface area contributed by atoms with E-state index in [4.69, 9.17) is 14.1 Å². The fourth-order valence-electron chi connectivity index (χ4n) is 1.68. The van der Waals surface area contributed by atoms with Gasteiger partial charge in [0, 0.05) is 0 Å². The number of rotatable bonds is 5. The molecule has 0 saturated heterocycles. The molecular formula is C13H23BO4Si. The van der Waals surface area contributed by atoms with Crippen molar-refractivity contribution in [1.82, 2.24) is 0 Å². The van der Waals surface area contributed by atoms with E-state index in [1.165, 1.54) is 0 Å². The molecule has 0 bridgehead atoms. The molecule has 4 nitrogen and oxygen atoms in total. The van der Waals surface area contributed by atoms with Gasteiger partial charge in [-0.1, -0.05) is 32.9 Å². The lowest BCUT2D eigenvalue weighted by Crippen LogP contribution is -2.36. The summed E-state index contributed by atoms with van der Waals surface area (Å²) in [6.45, 7) is 10.2. The van der Waals surface area contributed by atoms with E-state index in [0.717, 1.165) is 11.3 Å². The largest absolute Gasteiger partial charge is 0.521 e. The Morgan fingerprint density at radius 1 is 1.21 bits per heavy atom. The standard InChI is InChI=1S/C13H23BO4Si/c1-13(2,3)11-9-10(7-8-12(11)16-4)14(15)17-18-19(5)6/h7-9,15,19H,1-6H3. The second-order valence-corrected chi connectivity index (χ2v) is 8.09. The lowest BCUT2D eigenvalue weighted by atomic mass is 9.76. The number of hydrogen-bond acceptors (Lipinski definition) is 4. The van der Waals surface area contributed by atoms with Crippen molar-refractivity contribution in [2.45, 2.75) is 39.3 Å². The van der Waals surface area contributed by atoms with Crippen LogP contribution in [0.5, 0.6) is 5.75 Å². The Morgan fingerprint density at radius 2 is 1.84 bits per heavy atom. The Morgan fingerprint density at radius 3 is 2.32 bits per heavy atom. The zero-order valence-corrected chi connectivity index (χ0v) is 13.7. The second kappa shape index (κ2) is 6.56. The summed E-state index contributed by atoms with van der Waals surface area (Å²) in [5.74, 6) is 0.808. The Balaban J connectivity index is 2.98. The Bertz CT molecular complexity index is 418. The van der Waals surface area contributed by atoms with Crippen LogP contribution in [0.2, 0.25) is 13.1 Å². The zero-order valence-electron chi connectivity index (χ0n) is 12.6. The molecule has 19 heavy (non-hydrogen) atoms. The van der Waals surface area contributed by atoms with Crippen LogP contribution in [0.3, 0.4) is 0 Å². The highest BCUT2D eigenvalue weighted by Crippen LogP contribution is 2.30. The number of methoxy groups -OCH3 is 1. The van der Waals surface area contributed by atoms with Crippen molar-refractivity contribution in [1.29, 1.82) is 0 Å². The van der Waals surface area contributed by atoms with Crippen molar-refractivity contribution in [3.8, 4) is 5.75 Å². The molecule has 0 aliphatic carbocycles. The van der Waals surface area contributed by atoms with Crippen LogP contribution in [0.4, 0.5) is 0 Å². The van der Waals surface area contributed by atoms with Crippen molar-refractivity contribution in [2.24, 2.45) is 0 Å². The molecule has 0 aromatic heterocycles. The third-order valence-corrected chi connectivity index (χ3v) is 3.15. The van der Waals surface area contributed by atoms with Gasteiger partial charge in [-0.05, 0) is 35.6 Å². The molecule has 0 radical (unpaired) electrons. The van der Waals surface area contributed by atoms with E-state index in [9.17, 15) is 5.02 Å². The van der Waals surface area contributed by atoms with Crippen LogP contribution in [0, 0.1) is 0 Å². The van der Waals surface area contributed by atoms with E-state index in [1.54, 1.807) is 13.2 Å². The van der Waals surface area contributed by atoms with Gasteiger partial charge in [-0.15, -0.1) is 0 Å². The van der Waals surface area contributed by atoms with Gasteiger partial charge in [0.1, 0.15) is 5.75 Å². The predicted molar refractivity (Wildman–Crippen MR) is 80.3 cm³/mol. The van der Waals surface area contributed by atoms with Gasteiger partial charge in [-0.25, -0.2) is 0 Å². The molecule has 1 rings (SSSR count). The summed E-state index contributed by atoms with van der Waals surface area (Å²) in [6, 6.07) is 5.52. The molecule has 1 aromatic carbocycles. The highest BCUT2D eigenvalue weighted by molar-refractivity contribution is 6.60. The number of ether oxygens (including phenoxy) is 1. The summed E-state index contributed by atoms with van der Waals surface area (Å²) in [5.41, 5.74) is 1.62. The van der Waals surface area contributed by atoms with Crippen molar-refractivity contribution < 1.29 is 19.1 Å². The number of hydrogen-bond donors (Lipinski definition) is 1. The molecule has 106 valence electrons. The minimum absolute atomic E-state index is 0.0747. The minimum Gasteiger partial charge on any atom is -0.496 e. The first-order chi connectivity index (χ1) is 8.75. The van der Waals surface area contributed by atoms with E-state index in [-0.39, 0.29) is 5.41 Å². The maximum Gasteiger partial charge on any atom is 0.521 e. The summed E-state index contributed by atoms with van der Waals surface area (Å²) in [5, 5.41) is 9.96. The summed E-state index contributed by atoms with van der Waals surface area (Å²) in [7, 11) is -0.743. The van der Waals surface area contributed by atoms with Gasteiger partial charge in [0.2, 0.25) is 9.04 Å². The van der Waals surface area contributed by atoms with E-state index in [2.05, 4.69) is 20.8 Å². The first-order valence-corrected chi connectivity index (χ1v) is 9.22. The Labute approximate surface area is 117 Å². The normalized spacial score (nSPS) is 11.8. The van der Waals surface area contributed by atoms with Crippen LogP contribution in [0.25, 0.3) is 0 Å². The summed E-state index contributed by atoms with van der Waals surface area (Å²) >= 11 is 0. The lowest BCUT2D eigenvalue weighted by molar-refractivity contribution is -0.121. The van der Waals surface area contributed by atoms with E-state index in [1.807, 2.05) is 25.2 Å². The third kappa shape index (κ3) is 4.65. The molecule has 0 aliphatic heterocycles. The highest BCUT2D eigenvalue weighted by atomic mass is 28.3. The van der Waals surface area contributed by atoms with E-state index >= 15 is 0 Å². The Hall–Kier alpha value is -0.818. The van der Waals surface area contributed by atoms with Crippen molar-refractivity contribution in [3.63, 3.8) is 0 Å². The molecule has 0 aliphatic rings. The average Bonchev–Trinajstić information content (AvgIpc) is 2.34. The molecule has 0 fully saturated rings. The zero-order chi connectivity index (χ0) is 14.6. The van der Waals surface area contributed by atoms with Gasteiger partial charge in [-0.2, -0.15) is 0 Å². The quantitative estimate of drug-likeness (QED) is 0.506. The van der Waals surface area contributed by atoms with Gasteiger partial charge >= 0.3 is 7.12 Å². The molecule has 0 amide bonds. The first kappa shape index (κ1) is 16.2. The fourth-order valence-corrected chi connectivity index (χ4v) is 2.01. The van der Waals surface area contributed by atoms with Crippen LogP contribution in [0.15, 0.2) is 18.2 Å². The third-order valence-electron chi connectivity index (χ3n) is 2.66. The van der Waals surface area contributed by atoms with Gasteiger partial charge < -0.3 is 14.3 Å². The molecule has 1 N–H and O–H groups in total. The average molecular weight is 282 g/mol. The fraction of sp³-hybridized carbons (Fsp3) is 0.538. The molecule has 0 atom stereocenters. The van der Waals surface area contributed by atoms with Crippen LogP contribution in [-0.4, -0.2) is 28.3 Å². The Kier molecular flexibility index (Phi) is 5.61. The highest BCUT2D eigenvalue weighted by Gasteiger charge is 2.24. The van der Waals surface area contributed by atoms with Gasteiger partial charge in [0.05, 0.1) is 7.11 Å². The summed E-state index contributed by atoms with van der Waals surface area (Å²) in [4.78, 5) is 5.01. The molecular weight excluding hydrogens is 259 g/mol. The van der Waals surface area contributed by atoms with Crippen molar-refractivity contribution in [3.05, 3.63) is 23.8 Å². The van der Waals surface area contributed by atoms with Crippen LogP contribution in [0.1, 0.15) is 26.3 Å². The second-order valence-electron chi connectivity index (χ2n) is 5.80. The van der Waals surface area contributed by atoms with Gasteiger partial charge in [0.15, 0.2) is 0 Å². The monoisotopic (exact) mass is 282 g/mol. The van der Waals surface area contributed by atoms with Gasteiger partial charge in [0.25, 0.3) is 0 Å². The van der Waals surface area contributed by atoms with E-state index in [0.29, 0.717) is 5.46 Å². The smallest absolute Gasteiger partial charge is 0.496 e. The molecule has 0 unspecified atom stereocenters. The number of benzene rings is 1. The molecule has 6 heteroatoms. The summed E-state index contributed by atoms with van der Waals surface area (Å²) < 4.78 is 10.5. The predicted octanol–water partition coefficient (Wildman–Crippen LogP) is 1.61. The maximum atomic E-state index is 9.96. The first-order valence-electron chi connectivity index (χ1n) is 6.44. The topological polar surface area (TPSA) is 47.9 Å². The molecule has 0 heterocycles. The maximum absolute atomic E-state index is 9.96. The van der Waals surface area contributed by atoms with Gasteiger partial charge in [-0.3, -0.25) is 4.81 Å². The van der Waals surface area contributed by atoms with Crippen molar-refractivity contribution >= 4 is 21.6 Å². The van der Waals surface area contributed by atoms with Crippen LogP contribution in [-0.2, 0) is 14.8 Å². The SMILES string of the molecule is COc1ccc(B(O)OO[SiH](C)C)cc1C(C)(C)C. The van der Waals surface area contributed by atoms with Crippen LogP contribution >= 0.6 is 0 Å².